The van der Waals surface area contributed by atoms with Crippen LogP contribution in [0.1, 0.15) is 426 Å². The number of rotatable bonds is 110. The summed E-state index contributed by atoms with van der Waals surface area (Å²) in [5, 5.41) is 18.1. The molecule has 0 saturated carbocycles. The Hall–Kier alpha value is -4.28. The highest BCUT2D eigenvalue weighted by molar-refractivity contribution is 5.87. The Morgan fingerprint density at radius 3 is 0.581 bits per heavy atom. The molecule has 0 aromatic carbocycles. The van der Waals surface area contributed by atoms with E-state index in [0.717, 1.165) is 89.9 Å². The van der Waals surface area contributed by atoms with E-state index in [1.807, 2.05) is 0 Å². The number of hydrogen-bond acceptors (Lipinski definition) is 19. The topological polar surface area (TPSA) is 310 Å². The molecular weight excluding hydrogens is 1640 g/mol. The molecule has 0 aliphatic carbocycles. The number of carbonyl (C=O) groups is 8. The molecule has 0 bridgehead atoms. The summed E-state index contributed by atoms with van der Waals surface area (Å²) >= 11 is 0. The van der Waals surface area contributed by atoms with Gasteiger partial charge in [0.25, 0.3) is 0 Å². The molecule has 0 radical (unpaired) electrons. The van der Waals surface area contributed by atoms with Gasteiger partial charge in [0.05, 0.1) is 119 Å². The Bertz CT molecular complexity index is 2280. The van der Waals surface area contributed by atoms with E-state index in [9.17, 15) is 38.4 Å². The first kappa shape index (κ1) is 125. The number of nitrogens with one attached hydrogen (secondary N) is 6. The average molecular weight is 1840 g/mol. The van der Waals surface area contributed by atoms with Crippen LogP contribution in [-0.2, 0) is 90.5 Å². The first-order valence-corrected chi connectivity index (χ1v) is 53.5. The lowest BCUT2D eigenvalue weighted by Gasteiger charge is -2.17. The highest BCUT2D eigenvalue weighted by Crippen LogP contribution is 2.22. The zero-order valence-electron chi connectivity index (χ0n) is 83.6. The molecule has 0 aromatic heterocycles. The minimum atomic E-state index is -0.369. The lowest BCUT2D eigenvalue weighted by molar-refractivity contribution is -0.129. The molecule has 129 heavy (non-hydrogen) atoms. The summed E-state index contributed by atoms with van der Waals surface area (Å²) in [6.45, 7) is 21.3. The van der Waals surface area contributed by atoms with Crippen molar-refractivity contribution in [1.29, 1.82) is 0 Å². The largest absolute Gasteiger partial charge is 0.379 e. The average Bonchev–Trinajstić information content (AvgIpc) is 0.923. The van der Waals surface area contributed by atoms with Crippen LogP contribution in [0.15, 0.2) is 0 Å². The smallest absolute Gasteiger partial charge is 0.223 e. The van der Waals surface area contributed by atoms with E-state index in [4.69, 9.17) is 52.1 Å². The Kier molecular flexibility index (Phi) is 102. The quantitative estimate of drug-likeness (QED) is 0.0308. The van der Waals surface area contributed by atoms with Gasteiger partial charge in [0.15, 0.2) is 0 Å². The number of carbonyl (C=O) groups excluding carboxylic acids is 8. The normalized spacial score (nSPS) is 11.9. The monoisotopic (exact) mass is 1840 g/mol. The second kappa shape index (κ2) is 106. The molecule has 6 amide bonds. The van der Waals surface area contributed by atoms with Crippen LogP contribution in [0.5, 0.6) is 0 Å². The Balaban J connectivity index is 3.96. The van der Waals surface area contributed by atoms with Gasteiger partial charge in [0.1, 0.15) is 11.6 Å². The van der Waals surface area contributed by atoms with Crippen LogP contribution < -0.4 is 31.9 Å². The predicted molar refractivity (Wildman–Crippen MR) is 523 cm³/mol. The van der Waals surface area contributed by atoms with E-state index in [1.54, 1.807) is 0 Å². The minimum Gasteiger partial charge on any atom is -0.379 e. The van der Waals surface area contributed by atoms with Crippen LogP contribution in [0, 0.1) is 11.8 Å². The molecule has 0 aliphatic heterocycles. The lowest BCUT2D eigenvalue weighted by atomic mass is 9.93. The highest BCUT2D eigenvalue weighted by Gasteiger charge is 2.24. The molecule has 0 rings (SSSR count). The van der Waals surface area contributed by atoms with Crippen molar-refractivity contribution >= 4 is 47.0 Å². The summed E-state index contributed by atoms with van der Waals surface area (Å²) in [5.74, 6) is -0.508. The number of Topliss-reactive ketones (excluding diaryl/α,β-unsaturated/α-hetero) is 2. The van der Waals surface area contributed by atoms with Crippen LogP contribution in [-0.4, -0.2) is 232 Å². The van der Waals surface area contributed by atoms with Crippen molar-refractivity contribution in [3.05, 3.63) is 0 Å². The molecule has 0 saturated heterocycles. The van der Waals surface area contributed by atoms with Crippen molar-refractivity contribution in [3.8, 4) is 0 Å². The van der Waals surface area contributed by atoms with Gasteiger partial charge in [-0.05, 0) is 77.0 Å². The van der Waals surface area contributed by atoms with Gasteiger partial charge < -0.3 is 84.0 Å². The van der Waals surface area contributed by atoms with E-state index in [2.05, 4.69) is 59.6 Å². The van der Waals surface area contributed by atoms with Crippen molar-refractivity contribution in [2.45, 2.75) is 426 Å². The molecule has 0 aliphatic rings. The van der Waals surface area contributed by atoms with Gasteiger partial charge in [-0.1, -0.05) is 297 Å². The molecule has 760 valence electrons. The first-order chi connectivity index (χ1) is 63.5. The van der Waals surface area contributed by atoms with Gasteiger partial charge in [0.2, 0.25) is 35.4 Å². The van der Waals surface area contributed by atoms with E-state index in [1.165, 1.54) is 218 Å². The molecule has 0 fully saturated rings. The van der Waals surface area contributed by atoms with Crippen molar-refractivity contribution in [2.24, 2.45) is 11.8 Å². The molecule has 0 spiro atoms. The standard InChI is InChI=1S/C104H200N6O19/c1-5-9-13-17-21-25-29-33-37-41-45-59-97(111)93-95(57-49-51-65-105-99(113)61-47-43-39-35-31-27-23-19-15-11-7-3)103(117)109-69-55-73-121-79-85-125-83-77-119-71-53-67-107-101(115)63-75-123-81-87-127-89-91-129-92-90-128-88-82-124-76-64-102(116)108-68-54-72-120-78-84-126-86-80-122-74-56-70-110-104(118)96(94-98(112)60-46-42-38-34-30-26-22-18-14-10-6-2)58-50-52-66-106-100(114)62-48-44-40-36-32-28-24-20-16-12-8-4/h95-96H,5-94H2,1-4H3,(H,105,113)(H,106,114)(H,107,115)(H,108,116)(H,109,117)(H,110,118)/t95-,96-/m0/s1. The fourth-order valence-electron chi connectivity index (χ4n) is 15.4. The number of hydrogen-bond donors (Lipinski definition) is 6. The molecule has 0 heterocycles. The molecule has 0 unspecified atom stereocenters. The third kappa shape index (κ3) is 99.5. The summed E-state index contributed by atoms with van der Waals surface area (Å²) in [5.41, 5.74) is 0. The number of amides is 6. The second-order valence-electron chi connectivity index (χ2n) is 35.6. The molecule has 0 aromatic rings. The maximum atomic E-state index is 13.4. The maximum absolute atomic E-state index is 13.4. The van der Waals surface area contributed by atoms with Gasteiger partial charge in [-0.25, -0.2) is 0 Å². The zero-order valence-corrected chi connectivity index (χ0v) is 83.6. The SMILES string of the molecule is CCCCCCCCCCCCCC(=O)C[C@H](CCCCNC(=O)CCCCCCCCCCCCC)C(=O)NCCCOCCOCCOCCCNC(=O)CCOCCOCCOCCOCCOCCC(=O)NCCCOCCOCCOCCCNC(=O)[C@@H](CCCCNC(=O)CCCCCCCCCCCCC)CC(=O)CCCCCCCCCCCCC. The highest BCUT2D eigenvalue weighted by atomic mass is 16.6. The van der Waals surface area contributed by atoms with Crippen LogP contribution >= 0.6 is 0 Å². The summed E-state index contributed by atoms with van der Waals surface area (Å²) in [7, 11) is 0. The lowest BCUT2D eigenvalue weighted by Crippen LogP contribution is -2.33. The van der Waals surface area contributed by atoms with E-state index in [0.29, 0.717) is 249 Å². The van der Waals surface area contributed by atoms with Crippen molar-refractivity contribution in [2.75, 3.05) is 185 Å². The van der Waals surface area contributed by atoms with Crippen molar-refractivity contribution < 1.29 is 90.5 Å². The van der Waals surface area contributed by atoms with Gasteiger partial charge in [-0.3, -0.25) is 38.4 Å². The number of ketones is 2. The first-order valence-electron chi connectivity index (χ1n) is 53.5. The Morgan fingerprint density at radius 2 is 0.349 bits per heavy atom. The van der Waals surface area contributed by atoms with E-state index in [-0.39, 0.29) is 84.5 Å². The van der Waals surface area contributed by atoms with Crippen molar-refractivity contribution in [1.82, 2.24) is 31.9 Å². The predicted octanol–water partition coefficient (Wildman–Crippen LogP) is 20.5. The molecular formula is C104H200N6O19. The van der Waals surface area contributed by atoms with E-state index >= 15 is 0 Å². The van der Waals surface area contributed by atoms with Crippen LogP contribution in [0.25, 0.3) is 0 Å². The molecule has 6 N–H and O–H groups in total. The summed E-state index contributed by atoms with van der Waals surface area (Å²) < 4.78 is 61.9. The van der Waals surface area contributed by atoms with Gasteiger partial charge in [0, 0.05) is 129 Å². The Morgan fingerprint density at radius 1 is 0.171 bits per heavy atom. The van der Waals surface area contributed by atoms with Gasteiger partial charge in [-0.15, -0.1) is 0 Å². The van der Waals surface area contributed by atoms with Gasteiger partial charge >= 0.3 is 0 Å². The minimum absolute atomic E-state index is 0.0743. The summed E-state index contributed by atoms with van der Waals surface area (Å²) in [6, 6.07) is 0. The summed E-state index contributed by atoms with van der Waals surface area (Å²) in [4.78, 5) is 103. The number of unbranched alkanes of at least 4 members (excludes halogenated alkanes) is 42. The van der Waals surface area contributed by atoms with Crippen LogP contribution in [0.2, 0.25) is 0 Å². The fourth-order valence-corrected chi connectivity index (χ4v) is 15.4. The van der Waals surface area contributed by atoms with Crippen LogP contribution in [0.4, 0.5) is 0 Å². The third-order valence-corrected chi connectivity index (χ3v) is 23.5. The third-order valence-electron chi connectivity index (χ3n) is 23.5. The number of ether oxygens (including phenoxy) is 11. The van der Waals surface area contributed by atoms with E-state index < -0.39 is 0 Å². The van der Waals surface area contributed by atoms with Gasteiger partial charge in [-0.2, -0.15) is 0 Å². The van der Waals surface area contributed by atoms with Crippen molar-refractivity contribution in [3.63, 3.8) is 0 Å². The second-order valence-corrected chi connectivity index (χ2v) is 35.6. The fraction of sp³-hybridized carbons (Fsp3) is 0.923. The molecule has 25 heteroatoms. The summed E-state index contributed by atoms with van der Waals surface area (Å²) in [6.07, 6.45) is 65.0. The molecule has 2 atom stereocenters. The Labute approximate surface area is 787 Å². The molecule has 25 nitrogen and oxygen atoms in total. The zero-order chi connectivity index (χ0) is 93.4. The maximum Gasteiger partial charge on any atom is 0.223 e. The van der Waals surface area contributed by atoms with Crippen LogP contribution in [0.3, 0.4) is 0 Å².